The molecule has 2 aliphatic rings. The third kappa shape index (κ3) is 6.39. The molecular weight excluding hydrogens is 703 g/mol. The van der Waals surface area contributed by atoms with E-state index in [9.17, 15) is 52.4 Å². The highest BCUT2D eigenvalue weighted by Gasteiger charge is 2.60. The van der Waals surface area contributed by atoms with Crippen LogP contribution in [0.15, 0.2) is 48.7 Å². The zero-order valence-electron chi connectivity index (χ0n) is 26.7. The van der Waals surface area contributed by atoms with E-state index in [2.05, 4.69) is 4.98 Å². The number of halogens is 7. The maximum Gasteiger partial charge on any atom is 0.416 e. The molecule has 0 N–H and O–H groups in total. The number of carbonyl (C=O) groups is 1. The van der Waals surface area contributed by atoms with Crippen LogP contribution in [0, 0.1) is 12.7 Å². The van der Waals surface area contributed by atoms with Gasteiger partial charge >= 0.3 is 12.4 Å². The van der Waals surface area contributed by atoms with E-state index in [0.29, 0.717) is 28.8 Å². The molecule has 0 unspecified atom stereocenters. The van der Waals surface area contributed by atoms with Gasteiger partial charge < -0.3 is 9.80 Å². The van der Waals surface area contributed by atoms with E-state index in [-0.39, 0.29) is 43.5 Å². The van der Waals surface area contributed by atoms with Crippen LogP contribution in [0.4, 0.5) is 42.2 Å². The zero-order chi connectivity index (χ0) is 36.5. The van der Waals surface area contributed by atoms with Crippen LogP contribution in [-0.2, 0) is 42.2 Å². The first-order valence-corrected chi connectivity index (χ1v) is 18.3. The van der Waals surface area contributed by atoms with Crippen molar-refractivity contribution in [1.29, 1.82) is 0 Å². The van der Waals surface area contributed by atoms with Crippen molar-refractivity contribution in [3.05, 3.63) is 76.7 Å². The predicted octanol–water partition coefficient (Wildman–Crippen LogP) is 6.31. The second-order valence-electron chi connectivity index (χ2n) is 12.8. The van der Waals surface area contributed by atoms with Crippen LogP contribution in [0.3, 0.4) is 0 Å². The lowest BCUT2D eigenvalue weighted by Crippen LogP contribution is -2.51. The Morgan fingerprint density at radius 2 is 1.33 bits per heavy atom. The summed E-state index contributed by atoms with van der Waals surface area (Å²) in [4.78, 5) is 21.2. The minimum atomic E-state index is -5.13. The monoisotopic (exact) mass is 735 g/mol. The molecule has 3 heterocycles. The van der Waals surface area contributed by atoms with Crippen molar-refractivity contribution in [3.63, 3.8) is 0 Å². The van der Waals surface area contributed by atoms with Gasteiger partial charge in [-0.2, -0.15) is 26.3 Å². The van der Waals surface area contributed by atoms with Crippen molar-refractivity contribution in [2.75, 3.05) is 41.4 Å². The molecular formula is C32H32F7N3O5S2. The van der Waals surface area contributed by atoms with Gasteiger partial charge in [0.15, 0.2) is 23.8 Å². The number of alkyl halides is 6. The Hall–Kier alpha value is -3.73. The number of benzene rings is 2. The average molecular weight is 736 g/mol. The number of likely N-dealkylation sites (N-methyl/N-ethyl adjacent to an activating group) is 1. The first-order valence-electron chi connectivity index (χ1n) is 15.0. The molecule has 2 aliphatic heterocycles. The zero-order valence-corrected chi connectivity index (χ0v) is 28.3. The van der Waals surface area contributed by atoms with E-state index in [1.54, 1.807) is 11.8 Å². The van der Waals surface area contributed by atoms with Gasteiger partial charge in [-0.3, -0.25) is 4.79 Å². The van der Waals surface area contributed by atoms with Crippen molar-refractivity contribution in [1.82, 2.24) is 4.98 Å². The summed E-state index contributed by atoms with van der Waals surface area (Å²) >= 11 is 0. The summed E-state index contributed by atoms with van der Waals surface area (Å²) in [5.74, 6) is -2.08. The number of anilines is 2. The Balaban J connectivity index is 1.56. The number of carbonyl (C=O) groups excluding carboxylic acids is 1. The topological polar surface area (TPSA) is 105 Å². The van der Waals surface area contributed by atoms with Gasteiger partial charge in [-0.15, -0.1) is 0 Å². The average Bonchev–Trinajstić information content (AvgIpc) is 3.18. The van der Waals surface area contributed by atoms with Crippen molar-refractivity contribution < 1.29 is 52.4 Å². The van der Waals surface area contributed by atoms with Crippen LogP contribution in [0.1, 0.15) is 48.9 Å². The second kappa shape index (κ2) is 12.0. The van der Waals surface area contributed by atoms with E-state index < -0.39 is 81.4 Å². The van der Waals surface area contributed by atoms with E-state index in [4.69, 9.17) is 0 Å². The van der Waals surface area contributed by atoms with Gasteiger partial charge in [0.2, 0.25) is 5.91 Å². The van der Waals surface area contributed by atoms with Gasteiger partial charge in [-0.1, -0.05) is 6.07 Å². The molecule has 8 nitrogen and oxygen atoms in total. The van der Waals surface area contributed by atoms with Gasteiger partial charge in [0, 0.05) is 25.7 Å². The van der Waals surface area contributed by atoms with Crippen LogP contribution < -0.4 is 9.80 Å². The van der Waals surface area contributed by atoms with Gasteiger partial charge in [0.1, 0.15) is 11.6 Å². The largest absolute Gasteiger partial charge is 0.416 e. The highest BCUT2D eigenvalue weighted by Crippen LogP contribution is 2.44. The Morgan fingerprint density at radius 1 is 0.816 bits per heavy atom. The molecule has 0 bridgehead atoms. The van der Waals surface area contributed by atoms with Crippen LogP contribution in [0.25, 0.3) is 11.1 Å². The highest BCUT2D eigenvalue weighted by atomic mass is 32.3. The molecule has 49 heavy (non-hydrogen) atoms. The number of hydrogen-bond donors (Lipinski definition) is 0. The molecule has 0 atom stereocenters. The van der Waals surface area contributed by atoms with Gasteiger partial charge in [-0.05, 0) is 86.7 Å². The van der Waals surface area contributed by atoms with Gasteiger partial charge in [0.05, 0.1) is 39.9 Å². The molecule has 2 fully saturated rings. The fourth-order valence-corrected chi connectivity index (χ4v) is 12.6. The molecule has 1 spiro atoms. The SMILES string of the molecule is Cc1cc(F)ccc1-c1cc(N2CCC3(CC2)S(=O)(=O)CCS3(=O)=O)ncc1N(C)C(=O)C(C)(C)c1cc(C(F)(F)F)cc(C(F)(F)F)c1. The Bertz CT molecular complexity index is 1970. The second-order valence-corrected chi connectivity index (χ2v) is 17.9. The summed E-state index contributed by atoms with van der Waals surface area (Å²) in [6.07, 6.45) is -9.39. The number of sulfone groups is 2. The summed E-state index contributed by atoms with van der Waals surface area (Å²) < 4.78 is 145. The van der Waals surface area contributed by atoms with Crippen molar-refractivity contribution >= 4 is 37.1 Å². The van der Waals surface area contributed by atoms with E-state index >= 15 is 0 Å². The van der Waals surface area contributed by atoms with E-state index in [1.807, 2.05) is 0 Å². The Kier molecular flexibility index (Phi) is 8.92. The molecule has 0 radical (unpaired) electrons. The maximum atomic E-state index is 14.1. The number of piperidine rings is 1. The minimum Gasteiger partial charge on any atom is -0.356 e. The van der Waals surface area contributed by atoms with Crippen molar-refractivity contribution in [2.45, 2.75) is 55.5 Å². The van der Waals surface area contributed by atoms with Crippen molar-refractivity contribution in [2.24, 2.45) is 0 Å². The number of nitrogens with zero attached hydrogens (tertiary/aromatic N) is 3. The molecule has 17 heteroatoms. The minimum absolute atomic E-state index is 0.00549. The number of amides is 1. The molecule has 1 amide bonds. The number of pyridine rings is 1. The summed E-state index contributed by atoms with van der Waals surface area (Å²) in [5, 5.41) is 0. The maximum absolute atomic E-state index is 14.1. The summed E-state index contributed by atoms with van der Waals surface area (Å²) in [5.41, 5.74) is -4.37. The molecule has 0 aliphatic carbocycles. The summed E-state index contributed by atoms with van der Waals surface area (Å²) in [7, 11) is -6.54. The van der Waals surface area contributed by atoms with Crippen LogP contribution >= 0.6 is 0 Å². The molecule has 2 saturated heterocycles. The molecule has 5 rings (SSSR count). The first kappa shape index (κ1) is 36.5. The number of hydrogen-bond acceptors (Lipinski definition) is 7. The van der Waals surface area contributed by atoms with E-state index in [1.165, 1.54) is 51.4 Å². The Labute approximate surface area is 278 Å². The van der Waals surface area contributed by atoms with E-state index in [0.717, 1.165) is 4.90 Å². The lowest BCUT2D eigenvalue weighted by Gasteiger charge is -2.38. The molecule has 0 saturated carbocycles. The van der Waals surface area contributed by atoms with Gasteiger partial charge in [-0.25, -0.2) is 26.2 Å². The molecule has 2 aromatic carbocycles. The predicted molar refractivity (Wildman–Crippen MR) is 169 cm³/mol. The molecule has 1 aromatic heterocycles. The van der Waals surface area contributed by atoms with Crippen LogP contribution in [-0.4, -0.2) is 63.4 Å². The molecule has 3 aromatic rings. The van der Waals surface area contributed by atoms with Crippen molar-refractivity contribution in [3.8, 4) is 11.1 Å². The lowest BCUT2D eigenvalue weighted by molar-refractivity contribution is -0.143. The fourth-order valence-electron chi connectivity index (χ4n) is 6.47. The Morgan fingerprint density at radius 3 is 1.82 bits per heavy atom. The first-order chi connectivity index (χ1) is 22.4. The van der Waals surface area contributed by atoms with Crippen LogP contribution in [0.2, 0.25) is 0 Å². The standard InChI is InChI=1S/C32H32F7N3O5S2/c1-19-13-23(33)5-6-24(19)25-17-27(42-9-7-30(8-10-42)48(44,45)11-12-49(30,46)47)40-18-26(25)41(4)28(43)29(2,3)20-14-21(31(34,35)36)16-22(15-20)32(37,38)39/h5-6,13-18H,7-12H2,1-4H3. The smallest absolute Gasteiger partial charge is 0.356 e. The summed E-state index contributed by atoms with van der Waals surface area (Å²) in [6, 6.07) is 6.34. The third-order valence-corrected chi connectivity index (χ3v) is 15.8. The quantitative estimate of drug-likeness (QED) is 0.283. The number of rotatable bonds is 5. The summed E-state index contributed by atoms with van der Waals surface area (Å²) in [6.45, 7) is 3.99. The fraction of sp³-hybridized carbons (Fsp3) is 0.438. The number of aryl methyl sites for hydroxylation is 1. The third-order valence-electron chi connectivity index (χ3n) is 9.46. The molecule has 266 valence electrons. The number of aromatic nitrogens is 1. The lowest BCUT2D eigenvalue weighted by atomic mass is 9.81. The van der Waals surface area contributed by atoms with Crippen LogP contribution in [0.5, 0.6) is 0 Å². The highest BCUT2D eigenvalue weighted by molar-refractivity contribution is 8.13. The van der Waals surface area contributed by atoms with Gasteiger partial charge in [0.25, 0.3) is 0 Å². The normalized spacial score (nSPS) is 18.9.